The first-order valence-corrected chi connectivity index (χ1v) is 5.64. The minimum Gasteiger partial charge on any atom is -0.212 e. The van der Waals surface area contributed by atoms with Crippen molar-refractivity contribution in [2.24, 2.45) is 0 Å². The van der Waals surface area contributed by atoms with Crippen molar-refractivity contribution >= 4 is 21.8 Å². The van der Waals surface area contributed by atoms with Gasteiger partial charge in [0.15, 0.2) is 0 Å². The fourth-order valence-electron chi connectivity index (χ4n) is 0.659. The van der Waals surface area contributed by atoms with E-state index in [1.807, 2.05) is 0 Å². The van der Waals surface area contributed by atoms with Gasteiger partial charge in [-0.3, -0.25) is 0 Å². The third-order valence-electron chi connectivity index (χ3n) is 1.19. The Balaban J connectivity index is 2.63. The summed E-state index contributed by atoms with van der Waals surface area (Å²) in [4.78, 5) is 0. The number of hydrogen-bond acceptors (Lipinski definition) is 3. The summed E-state index contributed by atoms with van der Waals surface area (Å²) in [5, 5.41) is 0. The van der Waals surface area contributed by atoms with E-state index in [0.717, 1.165) is 5.75 Å². The number of nitrogens with zero attached hydrogens (tertiary/aromatic N) is 1. The van der Waals surface area contributed by atoms with Crippen molar-refractivity contribution in [2.45, 2.75) is 0 Å². The molecule has 54 valence electrons. The van der Waals surface area contributed by atoms with Gasteiger partial charge in [0.2, 0.25) is 10.0 Å². The van der Waals surface area contributed by atoms with Crippen LogP contribution in [0.2, 0.25) is 0 Å². The minimum atomic E-state index is -2.89. The largest absolute Gasteiger partial charge is 0.212 e. The van der Waals surface area contributed by atoms with Crippen molar-refractivity contribution in [3.8, 4) is 0 Å². The Labute approximate surface area is 59.5 Å². The summed E-state index contributed by atoms with van der Waals surface area (Å²) >= 11 is 1.66. The van der Waals surface area contributed by atoms with E-state index in [4.69, 9.17) is 0 Å². The molecule has 0 spiro atoms. The lowest BCUT2D eigenvalue weighted by Crippen LogP contribution is -2.26. The maximum Gasteiger partial charge on any atom is 0.211 e. The van der Waals surface area contributed by atoms with Gasteiger partial charge in [-0.15, -0.1) is 11.8 Å². The number of hydrogen-bond donors (Lipinski definition) is 0. The Kier molecular flexibility index (Phi) is 2.03. The Bertz CT molecular complexity index is 181. The van der Waals surface area contributed by atoms with Gasteiger partial charge in [-0.1, -0.05) is 0 Å². The molecule has 0 aromatic carbocycles. The van der Waals surface area contributed by atoms with Gasteiger partial charge in [-0.2, -0.15) is 4.31 Å². The summed E-state index contributed by atoms with van der Waals surface area (Å²) in [5.41, 5.74) is 0. The highest BCUT2D eigenvalue weighted by Gasteiger charge is 2.20. The summed E-state index contributed by atoms with van der Waals surface area (Å²) in [5.74, 6) is 1.58. The lowest BCUT2D eigenvalue weighted by atomic mass is 10.8. The van der Waals surface area contributed by atoms with E-state index >= 15 is 0 Å². The molecule has 0 unspecified atom stereocenters. The Morgan fingerprint density at radius 3 is 2.44 bits per heavy atom. The van der Waals surface area contributed by atoms with E-state index in [2.05, 4.69) is 0 Å². The molecule has 1 fully saturated rings. The summed E-state index contributed by atoms with van der Waals surface area (Å²) in [6, 6.07) is 0. The topological polar surface area (TPSA) is 37.4 Å². The van der Waals surface area contributed by atoms with Crippen LogP contribution in [0.15, 0.2) is 0 Å². The zero-order valence-corrected chi connectivity index (χ0v) is 6.83. The normalized spacial score (nSPS) is 22.8. The molecule has 5 heteroatoms. The fraction of sp³-hybridized carbons (Fsp3) is 1.00. The zero-order valence-electron chi connectivity index (χ0n) is 5.20. The number of rotatable bonds is 1. The van der Waals surface area contributed by atoms with Crippen LogP contribution in [-0.4, -0.2) is 37.2 Å². The first-order valence-electron chi connectivity index (χ1n) is 2.63. The molecule has 1 aliphatic rings. The molecule has 1 heterocycles. The second-order valence-electron chi connectivity index (χ2n) is 1.98. The predicted octanol–water partition coefficient (Wildman–Crippen LogP) is -0.0477. The van der Waals surface area contributed by atoms with Crippen molar-refractivity contribution in [2.75, 3.05) is 24.4 Å². The van der Waals surface area contributed by atoms with Crippen LogP contribution in [0.25, 0.3) is 0 Å². The summed E-state index contributed by atoms with van der Waals surface area (Å²) in [6.07, 6.45) is 1.25. The number of sulfonamides is 1. The Morgan fingerprint density at radius 1 is 1.56 bits per heavy atom. The fourth-order valence-corrected chi connectivity index (χ4v) is 3.00. The molecule has 1 rings (SSSR count). The smallest absolute Gasteiger partial charge is 0.211 e. The van der Waals surface area contributed by atoms with Crippen LogP contribution in [0.4, 0.5) is 0 Å². The van der Waals surface area contributed by atoms with Crippen LogP contribution in [0.1, 0.15) is 0 Å². The monoisotopic (exact) mass is 167 g/mol. The molecule has 0 amide bonds. The van der Waals surface area contributed by atoms with Crippen molar-refractivity contribution in [1.29, 1.82) is 0 Å². The summed E-state index contributed by atoms with van der Waals surface area (Å²) < 4.78 is 23.0. The van der Waals surface area contributed by atoms with Gasteiger partial charge < -0.3 is 0 Å². The molecule has 0 radical (unpaired) electrons. The van der Waals surface area contributed by atoms with Crippen molar-refractivity contribution in [3.63, 3.8) is 0 Å². The molecule has 0 aromatic heterocycles. The molecule has 3 nitrogen and oxygen atoms in total. The van der Waals surface area contributed by atoms with E-state index in [1.165, 1.54) is 10.6 Å². The highest BCUT2D eigenvalue weighted by atomic mass is 32.2. The van der Waals surface area contributed by atoms with Gasteiger partial charge in [0, 0.05) is 12.3 Å². The molecule has 0 N–H and O–H groups in total. The Morgan fingerprint density at radius 2 is 2.22 bits per heavy atom. The second-order valence-corrected chi connectivity index (χ2v) is 5.03. The molecular formula is C4H9NO2S2. The molecule has 1 aliphatic heterocycles. The standard InChI is InChI=1S/C4H9NO2S2/c1-9(6,7)5-2-3-8-4-5/h2-4H2,1H3. The van der Waals surface area contributed by atoms with E-state index in [1.54, 1.807) is 11.8 Å². The van der Waals surface area contributed by atoms with Crippen LogP contribution in [0.3, 0.4) is 0 Å². The van der Waals surface area contributed by atoms with E-state index < -0.39 is 10.0 Å². The highest BCUT2D eigenvalue weighted by molar-refractivity contribution is 8.00. The minimum absolute atomic E-state index is 0.638. The summed E-state index contributed by atoms with van der Waals surface area (Å²) in [6.45, 7) is 0.684. The third kappa shape index (κ3) is 1.84. The zero-order chi connectivity index (χ0) is 6.91. The van der Waals surface area contributed by atoms with Gasteiger partial charge in [0.1, 0.15) is 0 Å². The van der Waals surface area contributed by atoms with Crippen LogP contribution in [0.5, 0.6) is 0 Å². The van der Waals surface area contributed by atoms with Crippen molar-refractivity contribution in [3.05, 3.63) is 0 Å². The first-order chi connectivity index (χ1) is 4.11. The molecule has 0 aliphatic carbocycles. The van der Waals surface area contributed by atoms with Crippen LogP contribution < -0.4 is 0 Å². The van der Waals surface area contributed by atoms with Gasteiger partial charge in [0.05, 0.1) is 12.1 Å². The van der Waals surface area contributed by atoms with Gasteiger partial charge in [0.25, 0.3) is 0 Å². The quantitative estimate of drug-likeness (QED) is 0.549. The molecule has 0 saturated carbocycles. The van der Waals surface area contributed by atoms with Crippen LogP contribution in [0, 0.1) is 0 Å². The predicted molar refractivity (Wildman–Crippen MR) is 38.9 cm³/mol. The average molecular weight is 167 g/mol. The maximum atomic E-state index is 10.7. The van der Waals surface area contributed by atoms with Crippen molar-refractivity contribution in [1.82, 2.24) is 4.31 Å². The summed E-state index contributed by atoms with van der Waals surface area (Å²) in [7, 11) is -2.89. The molecule has 9 heavy (non-hydrogen) atoms. The van der Waals surface area contributed by atoms with E-state index in [9.17, 15) is 8.42 Å². The highest BCUT2D eigenvalue weighted by Crippen LogP contribution is 2.15. The first kappa shape index (κ1) is 7.37. The molecular weight excluding hydrogens is 158 g/mol. The maximum absolute atomic E-state index is 10.7. The molecule has 1 saturated heterocycles. The van der Waals surface area contributed by atoms with E-state index in [0.29, 0.717) is 12.4 Å². The Hall–Kier alpha value is 0.260. The van der Waals surface area contributed by atoms with Gasteiger partial charge in [-0.05, 0) is 0 Å². The lowest BCUT2D eigenvalue weighted by Gasteiger charge is -2.08. The van der Waals surface area contributed by atoms with Crippen molar-refractivity contribution < 1.29 is 8.42 Å². The second kappa shape index (κ2) is 2.48. The molecule has 0 bridgehead atoms. The van der Waals surface area contributed by atoms with Crippen LogP contribution in [-0.2, 0) is 10.0 Å². The number of thioether (sulfide) groups is 1. The SMILES string of the molecule is CS(=O)(=O)N1CCSC1. The molecule has 0 aromatic rings. The average Bonchev–Trinajstić information content (AvgIpc) is 2.08. The van der Waals surface area contributed by atoms with Gasteiger partial charge in [-0.25, -0.2) is 8.42 Å². The molecule has 0 atom stereocenters. The van der Waals surface area contributed by atoms with Gasteiger partial charge >= 0.3 is 0 Å². The third-order valence-corrected chi connectivity index (χ3v) is 3.57. The van der Waals surface area contributed by atoms with E-state index in [-0.39, 0.29) is 0 Å². The lowest BCUT2D eigenvalue weighted by molar-refractivity contribution is 0.495. The van der Waals surface area contributed by atoms with Crippen LogP contribution >= 0.6 is 11.8 Å².